The smallest absolute Gasteiger partial charge is 0.304 e. The number of halogens is 1. The molecule has 0 spiro atoms. The fourth-order valence-corrected chi connectivity index (χ4v) is 4.45. The highest BCUT2D eigenvalue weighted by Gasteiger charge is 2.29. The summed E-state index contributed by atoms with van der Waals surface area (Å²) in [5.74, 6) is 0.242. The molecule has 0 bridgehead atoms. The van der Waals surface area contributed by atoms with Crippen molar-refractivity contribution in [2.45, 2.75) is 18.9 Å². The molecule has 152 valence electrons. The highest BCUT2D eigenvalue weighted by atomic mass is 19.1. The normalized spacial score (nSPS) is 16.2. The van der Waals surface area contributed by atoms with E-state index in [2.05, 4.69) is 9.97 Å². The van der Waals surface area contributed by atoms with Crippen LogP contribution in [0, 0.1) is 5.82 Å². The molecule has 1 aliphatic rings. The molecule has 1 aliphatic carbocycles. The summed E-state index contributed by atoms with van der Waals surface area (Å²) >= 11 is 0. The molecular formula is C23H16FN5O2. The number of aromatic amines is 1. The molecule has 1 unspecified atom stereocenters. The number of nitrogens with one attached hydrogen (secondary N) is 1. The Morgan fingerprint density at radius 2 is 1.94 bits per heavy atom. The number of hydrogen-bond acceptors (Lipinski definition) is 4. The quantitative estimate of drug-likeness (QED) is 0.477. The summed E-state index contributed by atoms with van der Waals surface area (Å²) in [5, 5.41) is 0. The molecule has 5 aromatic rings. The second-order valence-corrected chi connectivity index (χ2v) is 7.65. The molecule has 0 fully saturated rings. The van der Waals surface area contributed by atoms with Gasteiger partial charge in [0.25, 0.3) is 0 Å². The van der Waals surface area contributed by atoms with E-state index in [0.29, 0.717) is 46.4 Å². The van der Waals surface area contributed by atoms with Gasteiger partial charge in [0.2, 0.25) is 0 Å². The molecule has 1 atom stereocenters. The van der Waals surface area contributed by atoms with Gasteiger partial charge in [0.1, 0.15) is 18.0 Å². The van der Waals surface area contributed by atoms with Crippen LogP contribution >= 0.6 is 0 Å². The van der Waals surface area contributed by atoms with Gasteiger partial charge in [-0.25, -0.2) is 19.2 Å². The van der Waals surface area contributed by atoms with Gasteiger partial charge >= 0.3 is 5.69 Å². The van der Waals surface area contributed by atoms with E-state index in [1.807, 2.05) is 18.2 Å². The van der Waals surface area contributed by atoms with E-state index in [1.165, 1.54) is 12.1 Å². The van der Waals surface area contributed by atoms with E-state index in [1.54, 1.807) is 39.7 Å². The minimum atomic E-state index is -0.364. The third-order valence-electron chi connectivity index (χ3n) is 5.88. The average Bonchev–Trinajstić information content (AvgIpc) is 3.34. The number of hydrogen-bond donors (Lipinski definition) is 1. The number of pyridine rings is 1. The topological polar surface area (TPSA) is 85.6 Å². The lowest BCUT2D eigenvalue weighted by molar-refractivity contribution is 0.0964. The van der Waals surface area contributed by atoms with Crippen molar-refractivity contribution in [1.82, 2.24) is 24.1 Å². The highest BCUT2D eigenvalue weighted by Crippen LogP contribution is 2.33. The number of carbonyl (C=O) groups is 1. The number of aromatic nitrogens is 5. The molecule has 0 amide bonds. The zero-order valence-corrected chi connectivity index (χ0v) is 16.2. The number of fused-ring (bicyclic) bond motifs is 3. The zero-order valence-electron chi connectivity index (χ0n) is 16.2. The SMILES string of the molecule is O=C1CCC(n2c(=O)[nH]c3ccc(-n4cnc5ccc(F)cc54)nc32)c2ccccc21. The Morgan fingerprint density at radius 3 is 2.84 bits per heavy atom. The fourth-order valence-electron chi connectivity index (χ4n) is 4.45. The summed E-state index contributed by atoms with van der Waals surface area (Å²) in [6.45, 7) is 0. The molecule has 6 rings (SSSR count). The first-order valence-electron chi connectivity index (χ1n) is 9.96. The third-order valence-corrected chi connectivity index (χ3v) is 5.88. The largest absolute Gasteiger partial charge is 0.328 e. The summed E-state index contributed by atoms with van der Waals surface area (Å²) in [6.07, 6.45) is 2.47. The van der Waals surface area contributed by atoms with Gasteiger partial charge in [-0.1, -0.05) is 24.3 Å². The van der Waals surface area contributed by atoms with Crippen LogP contribution in [-0.2, 0) is 0 Å². The monoisotopic (exact) mass is 413 g/mol. The van der Waals surface area contributed by atoms with E-state index in [9.17, 15) is 14.0 Å². The number of H-pyrrole nitrogens is 1. The van der Waals surface area contributed by atoms with Crippen molar-refractivity contribution < 1.29 is 9.18 Å². The highest BCUT2D eigenvalue weighted by molar-refractivity contribution is 5.98. The van der Waals surface area contributed by atoms with Crippen molar-refractivity contribution in [3.63, 3.8) is 0 Å². The first kappa shape index (κ1) is 17.8. The summed E-state index contributed by atoms with van der Waals surface area (Å²) in [7, 11) is 0. The van der Waals surface area contributed by atoms with Crippen LogP contribution in [0.5, 0.6) is 0 Å². The predicted octanol–water partition coefficient (Wildman–Crippen LogP) is 3.77. The Kier molecular flexibility index (Phi) is 3.70. The average molecular weight is 413 g/mol. The lowest BCUT2D eigenvalue weighted by atomic mass is 9.86. The number of Topliss-reactive ketones (excluding diaryl/α,β-unsaturated/α-hetero) is 1. The summed E-state index contributed by atoms with van der Waals surface area (Å²) < 4.78 is 17.1. The van der Waals surface area contributed by atoms with E-state index in [4.69, 9.17) is 4.98 Å². The Bertz CT molecular complexity index is 1560. The van der Waals surface area contributed by atoms with Crippen LogP contribution in [0.1, 0.15) is 34.8 Å². The van der Waals surface area contributed by atoms with Crippen LogP contribution < -0.4 is 5.69 Å². The maximum atomic E-state index is 13.8. The standard InChI is InChI=1S/C23H16FN5O2/c24-13-5-6-16-19(11-13)28(12-25-16)21-10-7-17-22(27-21)29(23(31)26-17)18-8-9-20(30)15-4-2-1-3-14(15)18/h1-7,10-12,18H,8-9H2,(H,26,31). The first-order valence-corrected chi connectivity index (χ1v) is 9.96. The van der Waals surface area contributed by atoms with Crippen molar-refractivity contribution in [3.8, 4) is 5.82 Å². The minimum Gasteiger partial charge on any atom is -0.304 e. The van der Waals surface area contributed by atoms with Crippen LogP contribution in [0.15, 0.2) is 65.7 Å². The molecule has 0 saturated heterocycles. The van der Waals surface area contributed by atoms with Crippen LogP contribution in [0.25, 0.3) is 28.0 Å². The number of ketones is 1. The van der Waals surface area contributed by atoms with Crippen molar-refractivity contribution in [3.05, 3.63) is 88.4 Å². The number of rotatable bonds is 2. The molecule has 0 aliphatic heterocycles. The second kappa shape index (κ2) is 6.46. The number of benzene rings is 2. The summed E-state index contributed by atoms with van der Waals surface area (Å²) in [4.78, 5) is 37.2. The van der Waals surface area contributed by atoms with Crippen LogP contribution in [-0.4, -0.2) is 29.9 Å². The van der Waals surface area contributed by atoms with E-state index < -0.39 is 0 Å². The van der Waals surface area contributed by atoms with Gasteiger partial charge in [-0.2, -0.15) is 0 Å². The molecule has 7 nitrogen and oxygen atoms in total. The van der Waals surface area contributed by atoms with E-state index in [-0.39, 0.29) is 23.3 Å². The molecular weight excluding hydrogens is 397 g/mol. The lowest BCUT2D eigenvalue weighted by Crippen LogP contribution is -2.28. The second-order valence-electron chi connectivity index (χ2n) is 7.65. The van der Waals surface area contributed by atoms with E-state index >= 15 is 0 Å². The molecule has 0 saturated carbocycles. The van der Waals surface area contributed by atoms with Gasteiger partial charge in [0.05, 0.1) is 22.6 Å². The van der Waals surface area contributed by atoms with Crippen molar-refractivity contribution in [2.24, 2.45) is 0 Å². The Morgan fingerprint density at radius 1 is 1.06 bits per heavy atom. The van der Waals surface area contributed by atoms with E-state index in [0.717, 1.165) is 5.56 Å². The zero-order chi connectivity index (χ0) is 21.1. The number of carbonyl (C=O) groups excluding carboxylic acids is 1. The molecule has 3 aromatic heterocycles. The third kappa shape index (κ3) is 2.64. The van der Waals surface area contributed by atoms with Crippen LogP contribution in [0.3, 0.4) is 0 Å². The van der Waals surface area contributed by atoms with Crippen molar-refractivity contribution in [1.29, 1.82) is 0 Å². The van der Waals surface area contributed by atoms with Crippen molar-refractivity contribution in [2.75, 3.05) is 0 Å². The first-order chi connectivity index (χ1) is 15.1. The van der Waals surface area contributed by atoms with Crippen LogP contribution in [0.4, 0.5) is 4.39 Å². The molecule has 8 heteroatoms. The predicted molar refractivity (Wildman–Crippen MR) is 113 cm³/mol. The molecule has 2 aromatic carbocycles. The summed E-state index contributed by atoms with van der Waals surface area (Å²) in [5.41, 5.74) is 3.50. The van der Waals surface area contributed by atoms with Crippen molar-refractivity contribution >= 4 is 28.0 Å². The van der Waals surface area contributed by atoms with Gasteiger partial charge in [-0.15, -0.1) is 0 Å². The maximum Gasteiger partial charge on any atom is 0.328 e. The minimum absolute atomic E-state index is 0.0836. The molecule has 3 heterocycles. The van der Waals surface area contributed by atoms with Gasteiger partial charge < -0.3 is 4.98 Å². The number of nitrogens with zero attached hydrogens (tertiary/aromatic N) is 4. The molecule has 1 N–H and O–H groups in total. The molecule has 31 heavy (non-hydrogen) atoms. The van der Waals surface area contributed by atoms with Gasteiger partial charge in [-0.05, 0) is 36.2 Å². The Balaban J connectivity index is 1.56. The number of imidazole rings is 2. The Hall–Kier alpha value is -4.07. The van der Waals surface area contributed by atoms with Gasteiger partial charge in [-0.3, -0.25) is 13.9 Å². The summed E-state index contributed by atoms with van der Waals surface area (Å²) in [6, 6.07) is 15.0. The van der Waals surface area contributed by atoms with Gasteiger partial charge in [0.15, 0.2) is 11.4 Å². The fraction of sp³-hybridized carbons (Fsp3) is 0.130. The Labute approximate surface area is 174 Å². The van der Waals surface area contributed by atoms with Crippen LogP contribution in [0.2, 0.25) is 0 Å². The van der Waals surface area contributed by atoms with Gasteiger partial charge in [0, 0.05) is 18.1 Å². The maximum absolute atomic E-state index is 13.8. The molecule has 0 radical (unpaired) electrons. The lowest BCUT2D eigenvalue weighted by Gasteiger charge is -2.25.